The number of imidazole rings is 1. The maximum Gasteiger partial charge on any atom is 0.240 e. The Labute approximate surface area is 115 Å². The van der Waals surface area contributed by atoms with Gasteiger partial charge < -0.3 is 4.52 Å². The molecule has 0 N–H and O–H groups in total. The third kappa shape index (κ3) is 1.42. The molecule has 3 heterocycles. The molecule has 0 aliphatic heterocycles. The van der Waals surface area contributed by atoms with Gasteiger partial charge in [-0.15, -0.1) is 0 Å². The predicted octanol–water partition coefficient (Wildman–Crippen LogP) is 2.88. The molecule has 0 unspecified atom stereocenters. The molecule has 0 bridgehead atoms. The summed E-state index contributed by atoms with van der Waals surface area (Å²) in [5.41, 5.74) is 6.33. The predicted molar refractivity (Wildman–Crippen MR) is 76.3 cm³/mol. The lowest BCUT2D eigenvalue weighted by molar-refractivity contribution is -0.659. The zero-order valence-electron chi connectivity index (χ0n) is 11.4. The van der Waals surface area contributed by atoms with Crippen LogP contribution in [-0.4, -0.2) is 9.56 Å². The second-order valence-electron chi connectivity index (χ2n) is 5.00. The third-order valence-corrected chi connectivity index (χ3v) is 3.71. The van der Waals surface area contributed by atoms with Gasteiger partial charge in [-0.2, -0.15) is 9.14 Å². The molecule has 0 aliphatic rings. The van der Waals surface area contributed by atoms with Crippen molar-refractivity contribution in [3.63, 3.8) is 0 Å². The highest BCUT2D eigenvalue weighted by Gasteiger charge is 2.21. The summed E-state index contributed by atoms with van der Waals surface area (Å²) < 4.78 is 9.35. The van der Waals surface area contributed by atoms with Crippen LogP contribution in [0.15, 0.2) is 53.4 Å². The van der Waals surface area contributed by atoms with Crippen LogP contribution in [0, 0.1) is 6.92 Å². The molecule has 98 valence electrons. The molecule has 4 aromatic rings. The van der Waals surface area contributed by atoms with Crippen molar-refractivity contribution in [1.29, 1.82) is 0 Å². The van der Waals surface area contributed by atoms with Crippen molar-refractivity contribution >= 4 is 16.7 Å². The Bertz CT molecular complexity index is 933. The number of aromatic nitrogens is 3. The minimum Gasteiger partial charge on any atom is -0.381 e. The number of hydrogen-bond acceptors (Lipinski definition) is 2. The van der Waals surface area contributed by atoms with E-state index in [0.717, 1.165) is 22.4 Å². The van der Waals surface area contributed by atoms with Crippen molar-refractivity contribution < 1.29 is 9.09 Å². The summed E-state index contributed by atoms with van der Waals surface area (Å²) in [4.78, 5) is 4.70. The van der Waals surface area contributed by atoms with Crippen LogP contribution in [0.2, 0.25) is 0 Å². The molecule has 0 fully saturated rings. The summed E-state index contributed by atoms with van der Waals surface area (Å²) in [6.45, 7) is 2.12. The van der Waals surface area contributed by atoms with Gasteiger partial charge in [0, 0.05) is 12.1 Å². The summed E-state index contributed by atoms with van der Waals surface area (Å²) in [5, 5.41) is 0. The number of benzene rings is 1. The molecule has 0 atom stereocenters. The fourth-order valence-electron chi connectivity index (χ4n) is 2.71. The zero-order valence-corrected chi connectivity index (χ0v) is 11.4. The Morgan fingerprint density at radius 3 is 2.85 bits per heavy atom. The van der Waals surface area contributed by atoms with Gasteiger partial charge in [-0.1, -0.05) is 18.2 Å². The van der Waals surface area contributed by atoms with Gasteiger partial charge in [-0.25, -0.2) is 4.98 Å². The Kier molecular flexibility index (Phi) is 2.21. The van der Waals surface area contributed by atoms with Crippen LogP contribution >= 0.6 is 0 Å². The van der Waals surface area contributed by atoms with Crippen molar-refractivity contribution in [2.24, 2.45) is 7.05 Å². The number of aryl methyl sites for hydroxylation is 2. The molecule has 0 radical (unpaired) electrons. The van der Waals surface area contributed by atoms with Gasteiger partial charge in [0.1, 0.15) is 18.8 Å². The van der Waals surface area contributed by atoms with Crippen LogP contribution in [-0.2, 0) is 7.05 Å². The minimum absolute atomic E-state index is 0.834. The van der Waals surface area contributed by atoms with Gasteiger partial charge in [0.05, 0.1) is 5.56 Å². The summed E-state index contributed by atoms with van der Waals surface area (Å²) in [6.07, 6.45) is 3.70. The standard InChI is InChI=1S/C16H14N3O/c1-11-5-3-4-6-12(11)16-15-13(7-9-18(16)2)19-14(17-15)8-10-20-19/h3-10H,1-2H3/q+1. The molecule has 0 spiro atoms. The van der Waals surface area contributed by atoms with E-state index in [1.165, 1.54) is 11.1 Å². The SMILES string of the molecule is Cc1ccccc1-c1c2nc3ccon3c2cc[n+]1C. The van der Waals surface area contributed by atoms with Gasteiger partial charge in [0.15, 0.2) is 17.4 Å². The number of hydrogen-bond donors (Lipinski definition) is 0. The van der Waals surface area contributed by atoms with Gasteiger partial charge in [0.25, 0.3) is 0 Å². The average Bonchev–Trinajstić information content (AvgIpc) is 3.00. The topological polar surface area (TPSA) is 34.3 Å². The largest absolute Gasteiger partial charge is 0.381 e. The van der Waals surface area contributed by atoms with Crippen molar-refractivity contribution in [2.45, 2.75) is 6.92 Å². The second kappa shape index (κ2) is 3.93. The summed E-state index contributed by atoms with van der Waals surface area (Å²) in [5.74, 6) is 0. The molecule has 0 saturated heterocycles. The Morgan fingerprint density at radius 2 is 2.00 bits per heavy atom. The van der Waals surface area contributed by atoms with Crippen molar-refractivity contribution in [3.8, 4) is 11.3 Å². The smallest absolute Gasteiger partial charge is 0.240 e. The first kappa shape index (κ1) is 11.2. The van der Waals surface area contributed by atoms with Crippen LogP contribution in [0.5, 0.6) is 0 Å². The summed E-state index contributed by atoms with van der Waals surface area (Å²) in [6, 6.07) is 12.3. The average molecular weight is 264 g/mol. The zero-order chi connectivity index (χ0) is 13.7. The number of rotatable bonds is 1. The van der Waals surface area contributed by atoms with Gasteiger partial charge in [-0.05, 0) is 18.6 Å². The molecule has 4 heteroatoms. The maximum atomic E-state index is 5.48. The van der Waals surface area contributed by atoms with Crippen LogP contribution in [0.25, 0.3) is 27.9 Å². The summed E-state index contributed by atoms with van der Waals surface area (Å²) in [7, 11) is 2.04. The Balaban J connectivity index is 2.17. The second-order valence-corrected chi connectivity index (χ2v) is 5.00. The van der Waals surface area contributed by atoms with E-state index in [9.17, 15) is 0 Å². The van der Waals surface area contributed by atoms with Crippen LogP contribution < -0.4 is 4.57 Å². The van der Waals surface area contributed by atoms with Crippen LogP contribution in [0.4, 0.5) is 0 Å². The van der Waals surface area contributed by atoms with E-state index in [1.54, 1.807) is 10.8 Å². The molecule has 0 saturated carbocycles. The minimum atomic E-state index is 0.834. The van der Waals surface area contributed by atoms with Crippen molar-refractivity contribution in [1.82, 2.24) is 9.56 Å². The first-order valence-corrected chi connectivity index (χ1v) is 6.56. The normalized spacial score (nSPS) is 11.5. The number of pyridine rings is 1. The van der Waals surface area contributed by atoms with Crippen molar-refractivity contribution in [3.05, 3.63) is 54.4 Å². The first-order valence-electron chi connectivity index (χ1n) is 6.56. The molecular formula is C16H14N3O+. The lowest BCUT2D eigenvalue weighted by Gasteiger charge is -2.04. The molecule has 20 heavy (non-hydrogen) atoms. The molecule has 4 rings (SSSR count). The van der Waals surface area contributed by atoms with Crippen molar-refractivity contribution in [2.75, 3.05) is 0 Å². The van der Waals surface area contributed by atoms with E-state index in [-0.39, 0.29) is 0 Å². The van der Waals surface area contributed by atoms with E-state index in [0.29, 0.717) is 0 Å². The fourth-order valence-corrected chi connectivity index (χ4v) is 2.71. The monoisotopic (exact) mass is 264 g/mol. The van der Waals surface area contributed by atoms with E-state index in [1.807, 2.05) is 25.4 Å². The Morgan fingerprint density at radius 1 is 1.15 bits per heavy atom. The van der Waals surface area contributed by atoms with Gasteiger partial charge in [0.2, 0.25) is 5.69 Å². The fraction of sp³-hybridized carbons (Fsp3) is 0.125. The lowest BCUT2D eigenvalue weighted by atomic mass is 10.0. The third-order valence-electron chi connectivity index (χ3n) is 3.71. The molecule has 1 aromatic carbocycles. The first-order chi connectivity index (χ1) is 9.75. The summed E-state index contributed by atoms with van der Waals surface area (Å²) >= 11 is 0. The van der Waals surface area contributed by atoms with E-state index < -0.39 is 0 Å². The molecule has 0 amide bonds. The van der Waals surface area contributed by atoms with E-state index >= 15 is 0 Å². The van der Waals surface area contributed by atoms with Gasteiger partial charge in [-0.3, -0.25) is 0 Å². The molecule has 3 aromatic heterocycles. The highest BCUT2D eigenvalue weighted by molar-refractivity contribution is 5.90. The molecule has 4 nitrogen and oxygen atoms in total. The van der Waals surface area contributed by atoms with Crippen LogP contribution in [0.1, 0.15) is 5.56 Å². The van der Waals surface area contributed by atoms with Crippen LogP contribution in [0.3, 0.4) is 0 Å². The van der Waals surface area contributed by atoms with E-state index in [4.69, 9.17) is 9.51 Å². The van der Waals surface area contributed by atoms with E-state index in [2.05, 4.69) is 35.8 Å². The molecular weight excluding hydrogens is 250 g/mol. The number of fused-ring (bicyclic) bond motifs is 3. The molecule has 0 aliphatic carbocycles. The highest BCUT2D eigenvalue weighted by atomic mass is 16.5. The lowest BCUT2D eigenvalue weighted by Crippen LogP contribution is -2.30. The van der Waals surface area contributed by atoms with Gasteiger partial charge >= 0.3 is 0 Å². The highest BCUT2D eigenvalue weighted by Crippen LogP contribution is 2.27. The quantitative estimate of drug-likeness (QED) is 0.495. The maximum absolute atomic E-state index is 5.48. The Hall–Kier alpha value is -2.62. The number of nitrogens with zero attached hydrogens (tertiary/aromatic N) is 3.